The minimum Gasteiger partial charge on any atom is -0.744 e. The van der Waals surface area contributed by atoms with Crippen molar-refractivity contribution in [2.24, 2.45) is 40.9 Å². The van der Waals surface area contributed by atoms with E-state index in [0.717, 1.165) is 36.4 Å². The molecule has 0 aliphatic carbocycles. The minimum absolute atomic E-state index is 0. The molecule has 0 bridgehead atoms. The second kappa shape index (κ2) is 29.0. The second-order valence-corrected chi connectivity index (χ2v) is 20.1. The number of hydrogen-bond donors (Lipinski definition) is 0. The average molecular weight is 1150 g/mol. The Labute approximate surface area is 525 Å². The van der Waals surface area contributed by atoms with Crippen LogP contribution in [0.1, 0.15) is 22.3 Å². The number of hydrogen-bond acceptors (Lipinski definition) is 24. The smallest absolute Gasteiger partial charge is 0.744 e. The Balaban J connectivity index is 0.00000494. The average Bonchev–Trinajstić information content (AvgIpc) is 3.32. The summed E-state index contributed by atoms with van der Waals surface area (Å²) in [5.41, 5.74) is 1.21. The molecule has 6 rings (SSSR count). The minimum atomic E-state index is -5.20. The topological polar surface area (TPSA) is 365 Å². The number of rotatable bonds is 18. The molecular formula is C44H36N8Na4O16S4. The van der Waals surface area contributed by atoms with Gasteiger partial charge in [0.2, 0.25) is 0 Å². The summed E-state index contributed by atoms with van der Waals surface area (Å²) >= 11 is 0. The van der Waals surface area contributed by atoms with Gasteiger partial charge >= 0.3 is 118 Å². The van der Waals surface area contributed by atoms with Crippen molar-refractivity contribution in [1.29, 1.82) is 0 Å². The number of azo groups is 4. The maximum Gasteiger partial charge on any atom is 1.00 e. The van der Waals surface area contributed by atoms with Crippen LogP contribution >= 0.6 is 0 Å². The van der Waals surface area contributed by atoms with Crippen molar-refractivity contribution in [2.75, 3.05) is 28.4 Å². The molecule has 0 amide bonds. The van der Waals surface area contributed by atoms with Gasteiger partial charge in [0.1, 0.15) is 74.8 Å². The van der Waals surface area contributed by atoms with Gasteiger partial charge in [-0.2, -0.15) is 30.7 Å². The maximum atomic E-state index is 12.5. The van der Waals surface area contributed by atoms with Gasteiger partial charge < -0.3 is 37.2 Å². The van der Waals surface area contributed by atoms with Gasteiger partial charge in [-0.25, -0.2) is 33.7 Å². The number of ether oxygens (including phenoxy) is 4. The van der Waals surface area contributed by atoms with Crippen molar-refractivity contribution in [2.45, 2.75) is 33.4 Å². The molecule has 0 aromatic heterocycles. The van der Waals surface area contributed by atoms with Crippen molar-refractivity contribution >= 4 is 98.1 Å². The number of methoxy groups -OCH3 is 4. The molecule has 0 fully saturated rings. The molecule has 32 heteroatoms. The first-order valence-electron chi connectivity index (χ1n) is 20.0. The molecular weight excluding hydrogens is 1120 g/mol. The summed E-state index contributed by atoms with van der Waals surface area (Å²) in [5, 5.41) is 32.7. The van der Waals surface area contributed by atoms with Gasteiger partial charge in [0, 0.05) is 12.1 Å². The quantitative estimate of drug-likeness (QED) is 0.0382. The largest absolute Gasteiger partial charge is 1.00 e. The first-order valence-corrected chi connectivity index (χ1v) is 25.7. The van der Waals surface area contributed by atoms with Crippen LogP contribution in [0.2, 0.25) is 0 Å². The summed E-state index contributed by atoms with van der Waals surface area (Å²) in [4.78, 5) is -2.78. The summed E-state index contributed by atoms with van der Waals surface area (Å²) in [6, 6.07) is 20.0. The Hall–Kier alpha value is -3.70. The fourth-order valence-corrected chi connectivity index (χ4v) is 9.08. The number of aryl methyl sites for hydroxylation is 2. The standard InChI is InChI=1S/C44H40N8O16S4.4Na/c1-25-17-35(39(67-5)23-33(25)49-45-31-13-15-37(65-3)43(21-31)71(59,60)61)51-47-29-11-9-27(41(19-29)69(53,54)55)7-8-28-10-12-30(20-42(28)70(56,57)58)48-52-36-18-26(2)34(24-40(36)68-6)50-46-32-14-16-38(66-4)44(22-32)72(62,63)64;;;;/h7-24H,1-6H3,(H,53,54,55)(H,56,57,58)(H,59,60,61)(H,62,63,64);;;;/q;4*+1/p-4/b8-7+,49-45?,50-46?,51-47?,52-48?;;;;. The Morgan fingerprint density at radius 3 is 0.882 bits per heavy atom. The molecule has 6 aromatic carbocycles. The molecule has 0 radical (unpaired) electrons. The summed E-state index contributed by atoms with van der Waals surface area (Å²) < 4.78 is 166. The first-order chi connectivity index (χ1) is 33.8. The van der Waals surface area contributed by atoms with E-state index in [1.165, 1.54) is 101 Å². The van der Waals surface area contributed by atoms with Crippen LogP contribution in [0.15, 0.2) is 158 Å². The number of benzene rings is 6. The molecule has 24 nitrogen and oxygen atoms in total. The van der Waals surface area contributed by atoms with Crippen LogP contribution in [-0.2, 0) is 40.5 Å². The number of nitrogens with zero attached hydrogens (tertiary/aromatic N) is 8. The Morgan fingerprint density at radius 2 is 0.605 bits per heavy atom. The normalized spacial score (nSPS) is 12.1. The van der Waals surface area contributed by atoms with Gasteiger partial charge in [-0.15, -0.1) is 10.2 Å². The van der Waals surface area contributed by atoms with Gasteiger partial charge in [-0.1, -0.05) is 24.3 Å². The van der Waals surface area contributed by atoms with Gasteiger partial charge in [-0.3, -0.25) is 0 Å². The maximum absolute atomic E-state index is 12.5. The molecule has 0 spiro atoms. The van der Waals surface area contributed by atoms with Gasteiger partial charge in [-0.05, 0) is 109 Å². The molecule has 0 aliphatic rings. The SMILES string of the molecule is COc1cc(N=Nc2ccc(OC)c(S(=O)(=O)[O-])c2)c(C)cc1N=Nc1ccc(/C=C/c2ccc(N=Nc3cc(C)c(N=Nc4ccc(OC)c(S(=O)(=O)[O-])c4)cc3OC)cc2S(=O)(=O)[O-])c(S(=O)(=O)[O-])c1.[Na+].[Na+].[Na+].[Na+]. The summed E-state index contributed by atoms with van der Waals surface area (Å²) in [6.45, 7) is 3.27. The van der Waals surface area contributed by atoms with E-state index < -0.39 is 60.1 Å². The van der Waals surface area contributed by atoms with Gasteiger partial charge in [0.25, 0.3) is 0 Å². The fraction of sp³-hybridized carbons (Fsp3) is 0.136. The van der Waals surface area contributed by atoms with E-state index in [9.17, 15) is 51.9 Å². The third-order valence-corrected chi connectivity index (χ3v) is 13.4. The molecule has 0 saturated carbocycles. The van der Waals surface area contributed by atoms with Crippen LogP contribution in [-0.4, -0.2) is 80.3 Å². The van der Waals surface area contributed by atoms with Crippen LogP contribution in [0.4, 0.5) is 45.5 Å². The molecule has 0 heterocycles. The summed E-state index contributed by atoms with van der Waals surface area (Å²) in [5.74, 6) is -0.0856. The first kappa shape index (κ1) is 68.4. The van der Waals surface area contributed by atoms with Crippen molar-refractivity contribution in [3.8, 4) is 23.0 Å². The molecule has 0 atom stereocenters. The third kappa shape index (κ3) is 17.9. The fourth-order valence-electron chi connectivity index (χ4n) is 6.37. The van der Waals surface area contributed by atoms with Crippen LogP contribution in [0.3, 0.4) is 0 Å². The van der Waals surface area contributed by atoms with Crippen molar-refractivity contribution in [3.05, 3.63) is 119 Å². The van der Waals surface area contributed by atoms with Crippen LogP contribution in [0, 0.1) is 13.8 Å². The van der Waals surface area contributed by atoms with E-state index in [2.05, 4.69) is 40.9 Å². The van der Waals surface area contributed by atoms with Gasteiger partial charge in [0.15, 0.2) is 0 Å². The van der Waals surface area contributed by atoms with E-state index in [-0.39, 0.29) is 198 Å². The molecule has 0 saturated heterocycles. The van der Waals surface area contributed by atoms with Crippen LogP contribution < -0.4 is 137 Å². The third-order valence-electron chi connectivity index (χ3n) is 9.90. The zero-order valence-corrected chi connectivity index (χ0v) is 53.4. The Kier molecular flexibility index (Phi) is 26.1. The van der Waals surface area contributed by atoms with Crippen LogP contribution in [0.5, 0.6) is 23.0 Å². The monoisotopic (exact) mass is 1150 g/mol. The second-order valence-electron chi connectivity index (χ2n) is 14.7. The Morgan fingerprint density at radius 1 is 0.342 bits per heavy atom. The van der Waals surface area contributed by atoms with E-state index in [1.807, 2.05) is 0 Å². The van der Waals surface area contributed by atoms with Crippen LogP contribution in [0.25, 0.3) is 12.2 Å². The van der Waals surface area contributed by atoms with E-state index in [0.29, 0.717) is 11.1 Å². The summed E-state index contributed by atoms with van der Waals surface area (Å²) in [6.07, 6.45) is 2.21. The Bertz CT molecular complexity index is 3510. The molecule has 6 aromatic rings. The van der Waals surface area contributed by atoms with E-state index in [1.54, 1.807) is 13.8 Å². The van der Waals surface area contributed by atoms with E-state index in [4.69, 9.17) is 18.9 Å². The zero-order valence-electron chi connectivity index (χ0n) is 42.1. The molecule has 0 unspecified atom stereocenters. The van der Waals surface area contributed by atoms with Crippen molar-refractivity contribution in [1.82, 2.24) is 0 Å². The molecule has 0 aliphatic heterocycles. The summed E-state index contributed by atoms with van der Waals surface area (Å²) in [7, 11) is -15.1. The predicted octanol–water partition coefficient (Wildman–Crippen LogP) is -2.20. The molecule has 0 N–H and O–H groups in total. The van der Waals surface area contributed by atoms with E-state index >= 15 is 0 Å². The zero-order chi connectivity index (χ0) is 52.8. The van der Waals surface area contributed by atoms with Crippen molar-refractivity contribution in [3.63, 3.8) is 0 Å². The van der Waals surface area contributed by atoms with Gasteiger partial charge in [0.05, 0.1) is 82.1 Å². The molecule has 76 heavy (non-hydrogen) atoms. The molecule has 376 valence electrons. The predicted molar refractivity (Wildman–Crippen MR) is 252 cm³/mol. The van der Waals surface area contributed by atoms with Crippen molar-refractivity contribution < 1.29 is 189 Å².